The number of amides is 1. The third-order valence-electron chi connectivity index (χ3n) is 4.45. The summed E-state index contributed by atoms with van der Waals surface area (Å²) in [6, 6.07) is 12.8. The molecule has 3 rings (SSSR count). The van der Waals surface area contributed by atoms with Crippen molar-refractivity contribution in [3.63, 3.8) is 0 Å². The van der Waals surface area contributed by atoms with Gasteiger partial charge < -0.3 is 19.4 Å². The number of benzene rings is 2. The fraction of sp³-hybridized carbons (Fsp3) is 0.250. The molecule has 12 heteroatoms. The number of hydrogen-bond donors (Lipinski definition) is 2. The molecule has 10 nitrogen and oxygen atoms in total. The molecular formula is C20H23N5O5S2. The smallest absolute Gasteiger partial charge is 0.238 e. The molecule has 0 bridgehead atoms. The van der Waals surface area contributed by atoms with Crippen molar-refractivity contribution in [3.05, 3.63) is 54.4 Å². The molecule has 3 N–H and O–H groups in total. The van der Waals surface area contributed by atoms with Crippen LogP contribution in [0.25, 0.3) is 0 Å². The summed E-state index contributed by atoms with van der Waals surface area (Å²) in [7, 11) is -0.390. The molecule has 0 fully saturated rings. The lowest BCUT2D eigenvalue weighted by atomic mass is 10.3. The zero-order valence-corrected chi connectivity index (χ0v) is 19.3. The van der Waals surface area contributed by atoms with Gasteiger partial charge in [-0.2, -0.15) is 0 Å². The van der Waals surface area contributed by atoms with E-state index >= 15 is 0 Å². The minimum Gasteiger partial charge on any atom is -0.497 e. The van der Waals surface area contributed by atoms with Gasteiger partial charge in [-0.05, 0) is 55.5 Å². The maximum absolute atomic E-state index is 12.5. The number of carbonyl (C=O) groups is 1. The Morgan fingerprint density at radius 3 is 2.34 bits per heavy atom. The van der Waals surface area contributed by atoms with E-state index < -0.39 is 15.3 Å². The molecule has 0 spiro atoms. The molecule has 0 unspecified atom stereocenters. The van der Waals surface area contributed by atoms with Crippen molar-refractivity contribution in [2.24, 2.45) is 12.2 Å². The average Bonchev–Trinajstić information content (AvgIpc) is 3.11. The number of anilines is 1. The van der Waals surface area contributed by atoms with E-state index in [9.17, 15) is 13.2 Å². The number of methoxy groups -OCH3 is 1. The lowest BCUT2D eigenvalue weighted by Gasteiger charge is -2.12. The normalized spacial score (nSPS) is 12.2. The van der Waals surface area contributed by atoms with Gasteiger partial charge in [-0.25, -0.2) is 13.6 Å². The van der Waals surface area contributed by atoms with Gasteiger partial charge in [-0.15, -0.1) is 10.2 Å². The van der Waals surface area contributed by atoms with Gasteiger partial charge in [-0.3, -0.25) is 4.79 Å². The van der Waals surface area contributed by atoms with Crippen LogP contribution < -0.4 is 19.9 Å². The first-order chi connectivity index (χ1) is 15.2. The lowest BCUT2D eigenvalue weighted by Crippen LogP contribution is -2.23. The highest BCUT2D eigenvalue weighted by Crippen LogP contribution is 2.24. The quantitative estimate of drug-likeness (QED) is 0.447. The number of primary sulfonamides is 1. The van der Waals surface area contributed by atoms with E-state index in [-0.39, 0.29) is 17.4 Å². The molecule has 2 aromatic carbocycles. The van der Waals surface area contributed by atoms with E-state index in [1.165, 1.54) is 36.0 Å². The second-order valence-electron chi connectivity index (χ2n) is 6.74. The second kappa shape index (κ2) is 10.0. The van der Waals surface area contributed by atoms with Gasteiger partial charge in [0.2, 0.25) is 15.9 Å². The monoisotopic (exact) mass is 477 g/mol. The third-order valence-corrected chi connectivity index (χ3v) is 6.52. The molecule has 0 saturated carbocycles. The summed E-state index contributed by atoms with van der Waals surface area (Å²) in [5.41, 5.74) is 0.460. The SMILES string of the molecule is COc1ccc(OCc2nnc(S[C@H](C)C(=O)Nc3ccc(S(N)(=O)=O)cc3)n2C)cc1. The first kappa shape index (κ1) is 23.6. The molecule has 1 heterocycles. The van der Waals surface area contributed by atoms with Gasteiger partial charge in [0.25, 0.3) is 0 Å². The molecule has 0 saturated heterocycles. The van der Waals surface area contributed by atoms with Crippen molar-refractivity contribution < 1.29 is 22.7 Å². The number of nitrogens with two attached hydrogens (primary N) is 1. The molecule has 1 amide bonds. The average molecular weight is 478 g/mol. The van der Waals surface area contributed by atoms with E-state index in [0.717, 1.165) is 5.75 Å². The number of aromatic nitrogens is 3. The Kier molecular flexibility index (Phi) is 7.38. The fourth-order valence-corrected chi connectivity index (χ4v) is 3.93. The summed E-state index contributed by atoms with van der Waals surface area (Å²) in [4.78, 5) is 12.5. The highest BCUT2D eigenvalue weighted by molar-refractivity contribution is 8.00. The molecule has 32 heavy (non-hydrogen) atoms. The lowest BCUT2D eigenvalue weighted by molar-refractivity contribution is -0.115. The van der Waals surface area contributed by atoms with Gasteiger partial charge in [0.05, 0.1) is 17.3 Å². The highest BCUT2D eigenvalue weighted by Gasteiger charge is 2.19. The number of nitrogens with one attached hydrogen (secondary N) is 1. The van der Waals surface area contributed by atoms with Crippen LogP contribution in [0.15, 0.2) is 58.6 Å². The van der Waals surface area contributed by atoms with Gasteiger partial charge in [0.15, 0.2) is 11.0 Å². The van der Waals surface area contributed by atoms with Crippen LogP contribution in [0.1, 0.15) is 12.7 Å². The number of sulfonamides is 1. The number of nitrogens with zero attached hydrogens (tertiary/aromatic N) is 3. The maximum atomic E-state index is 12.5. The summed E-state index contributed by atoms with van der Waals surface area (Å²) < 4.78 is 35.3. The van der Waals surface area contributed by atoms with E-state index in [1.807, 2.05) is 0 Å². The molecule has 3 aromatic rings. The Labute approximate surface area is 190 Å². The number of ether oxygens (including phenoxy) is 2. The molecule has 1 atom stereocenters. The molecule has 1 aromatic heterocycles. The zero-order valence-electron chi connectivity index (χ0n) is 17.7. The standard InChI is InChI=1S/C20H23N5O5S2/c1-13(19(26)22-14-4-10-17(11-5-14)32(21,27)28)31-20-24-23-18(25(20)2)12-30-16-8-6-15(29-3)7-9-16/h4-11,13H,12H2,1-3H3,(H,22,26)(H2,21,27,28)/t13-/m1/s1. The highest BCUT2D eigenvalue weighted by atomic mass is 32.2. The van der Waals surface area contributed by atoms with Crippen molar-refractivity contribution in [2.45, 2.75) is 28.8 Å². The Hall–Kier alpha value is -3.09. The van der Waals surface area contributed by atoms with Crippen LogP contribution in [0.4, 0.5) is 5.69 Å². The summed E-state index contributed by atoms with van der Waals surface area (Å²) in [5.74, 6) is 1.75. The van der Waals surface area contributed by atoms with Crippen LogP contribution in [-0.2, 0) is 28.5 Å². The van der Waals surface area contributed by atoms with Crippen LogP contribution in [0.3, 0.4) is 0 Å². The van der Waals surface area contributed by atoms with Gasteiger partial charge in [0, 0.05) is 12.7 Å². The Morgan fingerprint density at radius 1 is 1.12 bits per heavy atom. The zero-order chi connectivity index (χ0) is 23.3. The summed E-state index contributed by atoms with van der Waals surface area (Å²) in [5, 5.41) is 16.2. The summed E-state index contributed by atoms with van der Waals surface area (Å²) in [6.45, 7) is 1.95. The van der Waals surface area contributed by atoms with Gasteiger partial charge in [-0.1, -0.05) is 11.8 Å². The summed E-state index contributed by atoms with van der Waals surface area (Å²) >= 11 is 1.24. The second-order valence-corrected chi connectivity index (χ2v) is 9.61. The molecule has 0 radical (unpaired) electrons. The molecule has 0 aliphatic heterocycles. The van der Waals surface area contributed by atoms with Crippen LogP contribution >= 0.6 is 11.8 Å². The topological polar surface area (TPSA) is 138 Å². The predicted octanol–water partition coefficient (Wildman–Crippen LogP) is 2.17. The van der Waals surface area contributed by atoms with Crippen molar-refractivity contribution in [3.8, 4) is 11.5 Å². The Bertz CT molecular complexity index is 1180. The molecular weight excluding hydrogens is 454 g/mol. The van der Waals surface area contributed by atoms with Crippen LogP contribution in [0.2, 0.25) is 0 Å². The number of rotatable bonds is 9. The first-order valence-electron chi connectivity index (χ1n) is 9.43. The maximum Gasteiger partial charge on any atom is 0.238 e. The van der Waals surface area contributed by atoms with Crippen molar-refractivity contribution in [1.29, 1.82) is 0 Å². The number of thioether (sulfide) groups is 1. The van der Waals surface area contributed by atoms with E-state index in [1.54, 1.807) is 49.9 Å². The minimum atomic E-state index is -3.78. The van der Waals surface area contributed by atoms with Gasteiger partial charge >= 0.3 is 0 Å². The molecule has 170 valence electrons. The minimum absolute atomic E-state index is 0.0265. The summed E-state index contributed by atoms with van der Waals surface area (Å²) in [6.07, 6.45) is 0. The molecule has 0 aliphatic carbocycles. The Balaban J connectivity index is 1.57. The largest absolute Gasteiger partial charge is 0.497 e. The van der Waals surface area contributed by atoms with E-state index in [4.69, 9.17) is 14.6 Å². The van der Waals surface area contributed by atoms with Crippen molar-refractivity contribution >= 4 is 33.4 Å². The number of carbonyl (C=O) groups excluding carboxylic acids is 1. The van der Waals surface area contributed by atoms with Crippen LogP contribution in [0.5, 0.6) is 11.5 Å². The predicted molar refractivity (Wildman–Crippen MR) is 120 cm³/mol. The third kappa shape index (κ3) is 5.99. The number of hydrogen-bond acceptors (Lipinski definition) is 8. The fourth-order valence-electron chi connectivity index (χ4n) is 2.58. The first-order valence-corrected chi connectivity index (χ1v) is 11.9. The van der Waals surface area contributed by atoms with Crippen molar-refractivity contribution in [2.75, 3.05) is 12.4 Å². The van der Waals surface area contributed by atoms with Crippen molar-refractivity contribution in [1.82, 2.24) is 14.8 Å². The van der Waals surface area contributed by atoms with E-state index in [0.29, 0.717) is 22.4 Å². The van der Waals surface area contributed by atoms with E-state index in [2.05, 4.69) is 15.5 Å². The van der Waals surface area contributed by atoms with Crippen LogP contribution in [0, 0.1) is 0 Å². The van der Waals surface area contributed by atoms with Gasteiger partial charge in [0.1, 0.15) is 18.1 Å². The Morgan fingerprint density at radius 2 is 1.75 bits per heavy atom. The molecule has 0 aliphatic rings. The van der Waals surface area contributed by atoms with Crippen LogP contribution in [-0.4, -0.2) is 41.4 Å².